The van der Waals surface area contributed by atoms with Gasteiger partial charge in [-0.15, -0.1) is 0 Å². The molecule has 0 aliphatic heterocycles. The van der Waals surface area contributed by atoms with Crippen molar-refractivity contribution in [3.05, 3.63) is 0 Å². The van der Waals surface area contributed by atoms with Gasteiger partial charge < -0.3 is 10.0 Å². The van der Waals surface area contributed by atoms with Gasteiger partial charge in [0, 0.05) is 19.8 Å². The van der Waals surface area contributed by atoms with Crippen LogP contribution >= 0.6 is 0 Å². The Kier molecular flexibility index (Phi) is 4.73. The highest BCUT2D eigenvalue weighted by Crippen LogP contribution is 1.99. The molecule has 0 rings (SSSR count). The monoisotopic (exact) mass is 237 g/mol. The predicted molar refractivity (Wildman–Crippen MR) is 54.1 cm³/mol. The highest BCUT2D eigenvalue weighted by molar-refractivity contribution is 7.91. The molecule has 1 N–H and O–H groups in total. The second kappa shape index (κ2) is 5.11. The molecule has 15 heavy (non-hydrogen) atoms. The molecule has 0 saturated heterocycles. The van der Waals surface area contributed by atoms with Crippen LogP contribution < -0.4 is 0 Å². The van der Waals surface area contributed by atoms with Gasteiger partial charge in [-0.05, 0) is 0 Å². The first kappa shape index (κ1) is 13.9. The second-order valence-corrected chi connectivity index (χ2v) is 5.72. The number of sulfone groups is 1. The van der Waals surface area contributed by atoms with E-state index in [-0.39, 0.29) is 6.54 Å². The number of amides is 1. The van der Waals surface area contributed by atoms with Crippen molar-refractivity contribution in [2.24, 2.45) is 5.92 Å². The molecule has 0 aromatic carbocycles. The molecular weight excluding hydrogens is 222 g/mol. The van der Waals surface area contributed by atoms with Crippen molar-refractivity contribution in [3.63, 3.8) is 0 Å². The number of hydrogen-bond acceptors (Lipinski definition) is 4. The van der Waals surface area contributed by atoms with E-state index in [1.54, 1.807) is 0 Å². The summed E-state index contributed by atoms with van der Waals surface area (Å²) >= 11 is 0. The van der Waals surface area contributed by atoms with Crippen molar-refractivity contribution in [1.82, 2.24) is 4.90 Å². The quantitative estimate of drug-likeness (QED) is 0.676. The highest BCUT2D eigenvalue weighted by Gasteiger charge is 2.19. The average Bonchev–Trinajstić information content (AvgIpc) is 2.00. The summed E-state index contributed by atoms with van der Waals surface area (Å²) in [6.07, 6.45) is 0.958. The van der Waals surface area contributed by atoms with Gasteiger partial charge in [-0.1, -0.05) is 6.92 Å². The van der Waals surface area contributed by atoms with Crippen molar-refractivity contribution in [2.45, 2.75) is 6.92 Å². The molecule has 0 aliphatic rings. The number of carbonyl (C=O) groups is 2. The average molecular weight is 237 g/mol. The fourth-order valence-electron chi connectivity index (χ4n) is 0.925. The minimum atomic E-state index is -3.36. The van der Waals surface area contributed by atoms with E-state index in [2.05, 4.69) is 0 Å². The number of hydrogen-bond donors (Lipinski definition) is 1. The third-order valence-corrected chi connectivity index (χ3v) is 2.55. The first-order chi connectivity index (χ1) is 6.63. The molecule has 0 spiro atoms. The van der Waals surface area contributed by atoms with Crippen molar-refractivity contribution in [2.75, 3.05) is 25.6 Å². The molecule has 6 nitrogen and oxygen atoms in total. The zero-order valence-electron chi connectivity index (χ0n) is 8.93. The summed E-state index contributed by atoms with van der Waals surface area (Å²) in [5.74, 6) is -2.91. The summed E-state index contributed by atoms with van der Waals surface area (Å²) in [6, 6.07) is 0. The molecule has 0 aliphatic carbocycles. The molecule has 1 amide bonds. The number of rotatable bonds is 5. The van der Waals surface area contributed by atoms with Crippen molar-refractivity contribution in [3.8, 4) is 0 Å². The normalized spacial score (nSPS) is 13.3. The van der Waals surface area contributed by atoms with Gasteiger partial charge in [0.2, 0.25) is 5.91 Å². The molecule has 7 heteroatoms. The van der Waals surface area contributed by atoms with Gasteiger partial charge in [0.05, 0.1) is 5.92 Å². The van der Waals surface area contributed by atoms with Gasteiger partial charge in [-0.2, -0.15) is 0 Å². The molecule has 0 aromatic heterocycles. The van der Waals surface area contributed by atoms with E-state index in [0.29, 0.717) is 0 Å². The van der Waals surface area contributed by atoms with E-state index in [1.165, 1.54) is 14.0 Å². The fourth-order valence-corrected chi connectivity index (χ4v) is 1.59. The SMILES string of the molecule is CC(CN(C)C(=O)CS(C)(=O)=O)C(=O)O. The zero-order valence-corrected chi connectivity index (χ0v) is 9.74. The van der Waals surface area contributed by atoms with E-state index in [1.807, 2.05) is 0 Å². The Labute approximate surface area is 88.8 Å². The predicted octanol–water partition coefficient (Wildman–Crippen LogP) is -0.790. The fraction of sp³-hybridized carbons (Fsp3) is 0.750. The molecule has 0 heterocycles. The summed E-state index contributed by atoms with van der Waals surface area (Å²) < 4.78 is 21.6. The van der Waals surface area contributed by atoms with Gasteiger partial charge in [0.25, 0.3) is 0 Å². The van der Waals surface area contributed by atoms with Crippen LogP contribution in [0.25, 0.3) is 0 Å². The largest absolute Gasteiger partial charge is 0.481 e. The summed E-state index contributed by atoms with van der Waals surface area (Å²) in [5.41, 5.74) is 0. The first-order valence-electron chi connectivity index (χ1n) is 4.28. The lowest BCUT2D eigenvalue weighted by Gasteiger charge is -2.18. The summed E-state index contributed by atoms with van der Waals surface area (Å²) in [6.45, 7) is 1.45. The molecule has 0 bridgehead atoms. The van der Waals surface area contributed by atoms with Gasteiger partial charge in [0.1, 0.15) is 5.75 Å². The van der Waals surface area contributed by atoms with Gasteiger partial charge in [-0.25, -0.2) is 8.42 Å². The molecule has 0 saturated carbocycles. The van der Waals surface area contributed by atoms with Crippen LogP contribution in [0.15, 0.2) is 0 Å². The van der Waals surface area contributed by atoms with Crippen molar-refractivity contribution >= 4 is 21.7 Å². The molecule has 88 valence electrons. The maximum atomic E-state index is 11.3. The number of carbonyl (C=O) groups excluding carboxylic acids is 1. The molecular formula is C8H15NO5S. The number of aliphatic carboxylic acids is 1. The van der Waals surface area contributed by atoms with E-state index >= 15 is 0 Å². The Morgan fingerprint density at radius 1 is 1.40 bits per heavy atom. The maximum absolute atomic E-state index is 11.3. The standard InChI is InChI=1S/C8H15NO5S/c1-6(8(11)12)4-9(2)7(10)5-15(3,13)14/h6H,4-5H2,1-3H3,(H,11,12). The van der Waals surface area contributed by atoms with E-state index < -0.39 is 33.4 Å². The van der Waals surface area contributed by atoms with E-state index in [0.717, 1.165) is 11.2 Å². The molecule has 1 unspecified atom stereocenters. The topological polar surface area (TPSA) is 91.8 Å². The summed E-state index contributed by atoms with van der Waals surface area (Å²) in [5, 5.41) is 8.59. The second-order valence-electron chi connectivity index (χ2n) is 3.58. The highest BCUT2D eigenvalue weighted by atomic mass is 32.2. The van der Waals surface area contributed by atoms with E-state index in [9.17, 15) is 18.0 Å². The van der Waals surface area contributed by atoms with Crippen LogP contribution in [0.5, 0.6) is 0 Å². The lowest BCUT2D eigenvalue weighted by atomic mass is 10.2. The number of carboxylic acids is 1. The molecule has 0 fully saturated rings. The zero-order chi connectivity index (χ0) is 12.2. The maximum Gasteiger partial charge on any atom is 0.308 e. The third kappa shape index (κ3) is 6.05. The Balaban J connectivity index is 4.29. The van der Waals surface area contributed by atoms with Gasteiger partial charge in [-0.3, -0.25) is 9.59 Å². The van der Waals surface area contributed by atoms with E-state index in [4.69, 9.17) is 5.11 Å². The van der Waals surface area contributed by atoms with Crippen LogP contribution in [0.3, 0.4) is 0 Å². The first-order valence-corrected chi connectivity index (χ1v) is 6.34. The lowest BCUT2D eigenvalue weighted by molar-refractivity contribution is -0.142. The minimum Gasteiger partial charge on any atom is -0.481 e. The number of nitrogens with zero attached hydrogens (tertiary/aromatic N) is 1. The third-order valence-electron chi connectivity index (χ3n) is 1.78. The lowest BCUT2D eigenvalue weighted by Crippen LogP contribution is -2.37. The van der Waals surface area contributed by atoms with Crippen molar-refractivity contribution in [1.29, 1.82) is 0 Å². The molecule has 0 radical (unpaired) electrons. The van der Waals surface area contributed by atoms with Crippen LogP contribution in [0.2, 0.25) is 0 Å². The van der Waals surface area contributed by atoms with Crippen LogP contribution in [0.4, 0.5) is 0 Å². The van der Waals surface area contributed by atoms with Gasteiger partial charge >= 0.3 is 5.97 Å². The van der Waals surface area contributed by atoms with Crippen LogP contribution in [0.1, 0.15) is 6.92 Å². The minimum absolute atomic E-state index is 0.00366. The summed E-state index contributed by atoms with van der Waals surface area (Å²) in [4.78, 5) is 22.9. The summed E-state index contributed by atoms with van der Waals surface area (Å²) in [7, 11) is -1.98. The molecule has 0 aromatic rings. The Morgan fingerprint density at radius 3 is 2.20 bits per heavy atom. The molecule has 1 atom stereocenters. The Hall–Kier alpha value is -1.11. The van der Waals surface area contributed by atoms with Gasteiger partial charge in [0.15, 0.2) is 9.84 Å². The number of carboxylic acid groups (broad SMARTS) is 1. The van der Waals surface area contributed by atoms with Crippen LogP contribution in [0, 0.1) is 5.92 Å². The Morgan fingerprint density at radius 2 is 1.87 bits per heavy atom. The Bertz CT molecular complexity index is 348. The van der Waals surface area contributed by atoms with Crippen LogP contribution in [-0.4, -0.2) is 55.9 Å². The van der Waals surface area contributed by atoms with Crippen LogP contribution in [-0.2, 0) is 19.4 Å². The smallest absolute Gasteiger partial charge is 0.308 e. The van der Waals surface area contributed by atoms with Crippen molar-refractivity contribution < 1.29 is 23.1 Å².